The topological polar surface area (TPSA) is 38.5 Å². The number of ether oxygens (including phenoxy) is 1. The summed E-state index contributed by atoms with van der Waals surface area (Å²) in [5, 5.41) is 0. The van der Waals surface area contributed by atoms with Gasteiger partial charge in [-0.05, 0) is 50.8 Å². The maximum Gasteiger partial charge on any atom is 0.0637 e. The van der Waals surface area contributed by atoms with E-state index in [2.05, 4.69) is 37.8 Å². The summed E-state index contributed by atoms with van der Waals surface area (Å²) in [4.78, 5) is 2.53. The zero-order valence-corrected chi connectivity index (χ0v) is 12.6. The van der Waals surface area contributed by atoms with E-state index in [1.54, 1.807) is 7.11 Å². The molecule has 3 nitrogen and oxygen atoms in total. The normalized spacial score (nSPS) is 18.1. The number of methoxy groups -OCH3 is 1. The Kier molecular flexibility index (Phi) is 4.16. The molecule has 1 unspecified atom stereocenters. The number of nitrogens with two attached hydrogens (primary N) is 1. The van der Waals surface area contributed by atoms with Gasteiger partial charge in [-0.25, -0.2) is 0 Å². The minimum Gasteiger partial charge on any atom is -0.398 e. The fourth-order valence-electron chi connectivity index (χ4n) is 2.96. The molecule has 0 radical (unpaired) electrons. The third kappa shape index (κ3) is 3.28. The number of fused-ring (bicyclic) bond motifs is 1. The monoisotopic (exact) mass is 262 g/mol. The van der Waals surface area contributed by atoms with Crippen molar-refractivity contribution in [2.45, 2.75) is 51.8 Å². The van der Waals surface area contributed by atoms with Crippen molar-refractivity contribution in [3.63, 3.8) is 0 Å². The molecule has 3 heteroatoms. The van der Waals surface area contributed by atoms with E-state index in [1.807, 2.05) is 6.07 Å². The lowest BCUT2D eigenvalue weighted by Crippen LogP contribution is -2.42. The Morgan fingerprint density at radius 2 is 2.16 bits per heavy atom. The van der Waals surface area contributed by atoms with Crippen LogP contribution in [0.4, 0.5) is 5.69 Å². The molecule has 19 heavy (non-hydrogen) atoms. The van der Waals surface area contributed by atoms with Crippen LogP contribution in [0.25, 0.3) is 0 Å². The van der Waals surface area contributed by atoms with Crippen molar-refractivity contribution < 1.29 is 4.74 Å². The third-order valence-electron chi connectivity index (χ3n) is 4.29. The summed E-state index contributed by atoms with van der Waals surface area (Å²) in [5.74, 6) is 0. The molecule has 0 saturated heterocycles. The predicted octanol–water partition coefficient (Wildman–Crippen LogP) is 2.83. The van der Waals surface area contributed by atoms with Gasteiger partial charge in [-0.3, -0.25) is 4.90 Å². The van der Waals surface area contributed by atoms with E-state index in [0.717, 1.165) is 31.6 Å². The first-order valence-corrected chi connectivity index (χ1v) is 7.08. The number of nitrogens with zero attached hydrogens (tertiary/aromatic N) is 1. The smallest absolute Gasteiger partial charge is 0.0637 e. The highest BCUT2D eigenvalue weighted by Crippen LogP contribution is 2.27. The van der Waals surface area contributed by atoms with Gasteiger partial charge in [0.15, 0.2) is 0 Å². The van der Waals surface area contributed by atoms with Gasteiger partial charge in [0, 0.05) is 31.9 Å². The highest BCUT2D eigenvalue weighted by atomic mass is 16.5. The first-order chi connectivity index (χ1) is 8.93. The number of hydrogen-bond acceptors (Lipinski definition) is 3. The number of benzene rings is 1. The Hall–Kier alpha value is -1.06. The zero-order valence-electron chi connectivity index (χ0n) is 12.6. The first-order valence-electron chi connectivity index (χ1n) is 7.08. The van der Waals surface area contributed by atoms with Crippen LogP contribution in [0, 0.1) is 0 Å². The van der Waals surface area contributed by atoms with Crippen molar-refractivity contribution in [2.75, 3.05) is 19.4 Å². The van der Waals surface area contributed by atoms with Crippen LogP contribution in [-0.4, -0.2) is 30.2 Å². The molecule has 0 spiro atoms. The molecule has 1 aliphatic heterocycles. The van der Waals surface area contributed by atoms with Crippen LogP contribution >= 0.6 is 0 Å². The average Bonchev–Trinajstić information content (AvgIpc) is 2.38. The van der Waals surface area contributed by atoms with Gasteiger partial charge in [-0.2, -0.15) is 0 Å². The van der Waals surface area contributed by atoms with E-state index in [1.165, 1.54) is 11.1 Å². The van der Waals surface area contributed by atoms with Crippen LogP contribution in [-0.2, 0) is 17.7 Å². The van der Waals surface area contributed by atoms with Gasteiger partial charge >= 0.3 is 0 Å². The van der Waals surface area contributed by atoms with Crippen molar-refractivity contribution in [3.8, 4) is 0 Å². The Balaban J connectivity index is 2.06. The van der Waals surface area contributed by atoms with E-state index in [0.29, 0.717) is 6.04 Å². The highest BCUT2D eigenvalue weighted by molar-refractivity contribution is 5.51. The second-order valence-corrected chi connectivity index (χ2v) is 6.22. The van der Waals surface area contributed by atoms with E-state index in [-0.39, 0.29) is 5.60 Å². The number of rotatable bonds is 4. The number of nitrogen functional groups attached to an aromatic ring is 1. The fourth-order valence-corrected chi connectivity index (χ4v) is 2.96. The highest BCUT2D eigenvalue weighted by Gasteiger charge is 2.27. The molecule has 0 aromatic heterocycles. The summed E-state index contributed by atoms with van der Waals surface area (Å²) in [6.07, 6.45) is 2.10. The molecule has 0 saturated carbocycles. The van der Waals surface area contributed by atoms with Crippen molar-refractivity contribution in [1.29, 1.82) is 0 Å². The van der Waals surface area contributed by atoms with Crippen LogP contribution in [0.3, 0.4) is 0 Å². The van der Waals surface area contributed by atoms with Gasteiger partial charge in [0.2, 0.25) is 0 Å². The van der Waals surface area contributed by atoms with Crippen LogP contribution in [0.15, 0.2) is 18.2 Å². The van der Waals surface area contributed by atoms with Crippen molar-refractivity contribution in [3.05, 3.63) is 29.3 Å². The lowest BCUT2D eigenvalue weighted by molar-refractivity contribution is -0.00797. The molecule has 2 rings (SSSR count). The second-order valence-electron chi connectivity index (χ2n) is 6.22. The molecule has 106 valence electrons. The first kappa shape index (κ1) is 14.4. The summed E-state index contributed by atoms with van der Waals surface area (Å²) in [6.45, 7) is 8.68. The van der Waals surface area contributed by atoms with E-state index in [4.69, 9.17) is 10.5 Å². The van der Waals surface area contributed by atoms with Gasteiger partial charge in [-0.15, -0.1) is 0 Å². The molecule has 0 fully saturated rings. The molecule has 0 aliphatic carbocycles. The fraction of sp³-hybridized carbons (Fsp3) is 0.625. The van der Waals surface area contributed by atoms with Crippen LogP contribution < -0.4 is 5.73 Å². The average molecular weight is 262 g/mol. The number of anilines is 1. The second kappa shape index (κ2) is 5.51. The van der Waals surface area contributed by atoms with Gasteiger partial charge in [0.1, 0.15) is 0 Å². The van der Waals surface area contributed by atoms with Crippen molar-refractivity contribution in [1.82, 2.24) is 4.90 Å². The van der Waals surface area contributed by atoms with Gasteiger partial charge in [0.05, 0.1) is 5.60 Å². The number of hydrogen-bond donors (Lipinski definition) is 1. The molecule has 0 amide bonds. The molecule has 1 aromatic carbocycles. The van der Waals surface area contributed by atoms with Crippen LogP contribution in [0.1, 0.15) is 38.3 Å². The zero-order chi connectivity index (χ0) is 14.0. The molecule has 1 atom stereocenters. The van der Waals surface area contributed by atoms with Gasteiger partial charge in [0.25, 0.3) is 0 Å². The summed E-state index contributed by atoms with van der Waals surface area (Å²) in [7, 11) is 1.79. The Morgan fingerprint density at radius 3 is 2.84 bits per heavy atom. The standard InChI is InChI=1S/C16H26N2O/c1-12(10-16(2,3)19-4)18-9-8-14-13(11-18)6-5-7-15(14)17/h5-7,12H,8-11,17H2,1-4H3. The Labute approximate surface area is 116 Å². The molecule has 0 bridgehead atoms. The minimum atomic E-state index is -0.0601. The lowest BCUT2D eigenvalue weighted by Gasteiger charge is -2.37. The molecular weight excluding hydrogens is 236 g/mol. The molecule has 2 N–H and O–H groups in total. The Morgan fingerprint density at radius 1 is 1.42 bits per heavy atom. The molecular formula is C16H26N2O. The third-order valence-corrected chi connectivity index (χ3v) is 4.29. The molecule has 1 aliphatic rings. The maximum absolute atomic E-state index is 6.05. The Bertz CT molecular complexity index is 442. The van der Waals surface area contributed by atoms with E-state index < -0.39 is 0 Å². The largest absolute Gasteiger partial charge is 0.398 e. The van der Waals surface area contributed by atoms with Crippen molar-refractivity contribution in [2.24, 2.45) is 0 Å². The molecule has 1 heterocycles. The summed E-state index contributed by atoms with van der Waals surface area (Å²) in [5.41, 5.74) is 9.66. The van der Waals surface area contributed by atoms with Crippen molar-refractivity contribution >= 4 is 5.69 Å². The van der Waals surface area contributed by atoms with Crippen LogP contribution in [0.5, 0.6) is 0 Å². The minimum absolute atomic E-state index is 0.0601. The van der Waals surface area contributed by atoms with Gasteiger partial charge < -0.3 is 10.5 Å². The quantitative estimate of drug-likeness (QED) is 0.848. The predicted molar refractivity (Wildman–Crippen MR) is 80.1 cm³/mol. The maximum atomic E-state index is 6.05. The van der Waals surface area contributed by atoms with E-state index >= 15 is 0 Å². The van der Waals surface area contributed by atoms with Crippen LogP contribution in [0.2, 0.25) is 0 Å². The lowest BCUT2D eigenvalue weighted by atomic mass is 9.94. The summed E-state index contributed by atoms with van der Waals surface area (Å²) in [6, 6.07) is 6.78. The summed E-state index contributed by atoms with van der Waals surface area (Å²) < 4.78 is 5.54. The van der Waals surface area contributed by atoms with E-state index in [9.17, 15) is 0 Å². The van der Waals surface area contributed by atoms with Gasteiger partial charge in [-0.1, -0.05) is 12.1 Å². The molecule has 1 aromatic rings. The summed E-state index contributed by atoms with van der Waals surface area (Å²) >= 11 is 0. The SMILES string of the molecule is COC(C)(C)CC(C)N1CCc2c(N)cccc2C1.